The van der Waals surface area contributed by atoms with E-state index in [-0.39, 0.29) is 11.7 Å². The fourth-order valence-electron chi connectivity index (χ4n) is 2.60. The highest BCUT2D eigenvalue weighted by molar-refractivity contribution is 8.00. The Labute approximate surface area is 167 Å². The van der Waals surface area contributed by atoms with Gasteiger partial charge in [0.15, 0.2) is 11.6 Å². The fourth-order valence-corrected chi connectivity index (χ4v) is 3.37. The minimum atomic E-state index is -0.489. The second-order valence-corrected chi connectivity index (χ2v) is 7.70. The summed E-state index contributed by atoms with van der Waals surface area (Å²) in [7, 11) is 0. The fraction of sp³-hybridized carbons (Fsp3) is 0.200. The number of carbonyl (C=O) groups excluding carboxylic acids is 2. The number of carbonyl (C=O) groups is 2. The van der Waals surface area contributed by atoms with E-state index < -0.39 is 5.25 Å². The molecule has 0 saturated heterocycles. The molecule has 3 N–H and O–H groups in total. The van der Waals surface area contributed by atoms with E-state index in [1.807, 2.05) is 31.2 Å². The number of aryl methyl sites for hydroxylation is 1. The van der Waals surface area contributed by atoms with Crippen molar-refractivity contribution in [2.24, 2.45) is 0 Å². The van der Waals surface area contributed by atoms with Crippen molar-refractivity contribution in [3.8, 4) is 11.4 Å². The van der Waals surface area contributed by atoms with Crippen molar-refractivity contribution in [2.75, 3.05) is 11.2 Å². The Bertz CT molecular complexity index is 1010. The highest BCUT2D eigenvalue weighted by atomic mass is 32.2. The van der Waals surface area contributed by atoms with Crippen molar-refractivity contribution in [2.45, 2.75) is 31.2 Å². The van der Waals surface area contributed by atoms with Gasteiger partial charge in [-0.15, -0.1) is 10.2 Å². The van der Waals surface area contributed by atoms with Gasteiger partial charge >= 0.3 is 0 Å². The lowest BCUT2D eigenvalue weighted by atomic mass is 10.1. The number of benzene rings is 2. The summed E-state index contributed by atoms with van der Waals surface area (Å²) in [6.07, 6.45) is 0. The smallest absolute Gasteiger partial charge is 0.237 e. The number of hydrogen-bond acceptors (Lipinski definition) is 6. The second kappa shape index (κ2) is 8.26. The topological polar surface area (TPSA) is 103 Å². The number of hydrogen-bond donors (Lipinski definition) is 2. The van der Waals surface area contributed by atoms with Gasteiger partial charge in [-0.2, -0.15) is 0 Å². The number of para-hydroxylation sites is 1. The molecule has 28 heavy (non-hydrogen) atoms. The lowest BCUT2D eigenvalue weighted by Crippen LogP contribution is -2.24. The predicted octanol–water partition coefficient (Wildman–Crippen LogP) is 3.29. The van der Waals surface area contributed by atoms with Gasteiger partial charge < -0.3 is 11.2 Å². The van der Waals surface area contributed by atoms with Gasteiger partial charge in [0.25, 0.3) is 0 Å². The average molecular weight is 395 g/mol. The normalized spacial score (nSPS) is 11.8. The van der Waals surface area contributed by atoms with Gasteiger partial charge in [-0.1, -0.05) is 53.7 Å². The first kappa shape index (κ1) is 19.6. The molecule has 3 rings (SSSR count). The van der Waals surface area contributed by atoms with Crippen LogP contribution in [0.15, 0.2) is 53.7 Å². The molecule has 7 nitrogen and oxygen atoms in total. The number of rotatable bonds is 6. The van der Waals surface area contributed by atoms with Crippen LogP contribution >= 0.6 is 11.8 Å². The Kier molecular flexibility index (Phi) is 5.79. The van der Waals surface area contributed by atoms with Gasteiger partial charge in [0.05, 0.1) is 10.9 Å². The second-order valence-electron chi connectivity index (χ2n) is 6.39. The first-order valence-electron chi connectivity index (χ1n) is 8.72. The molecular weight excluding hydrogens is 374 g/mol. The molecule has 0 aliphatic rings. The summed E-state index contributed by atoms with van der Waals surface area (Å²) in [6, 6.07) is 14.7. The lowest BCUT2D eigenvalue weighted by molar-refractivity contribution is -0.115. The Hall–Kier alpha value is -3.13. The van der Waals surface area contributed by atoms with E-state index in [1.165, 1.54) is 23.4 Å². The molecule has 0 saturated carbocycles. The Balaban J connectivity index is 1.73. The Morgan fingerprint density at radius 3 is 2.46 bits per heavy atom. The van der Waals surface area contributed by atoms with Crippen molar-refractivity contribution in [3.63, 3.8) is 0 Å². The molecule has 8 heteroatoms. The largest absolute Gasteiger partial charge is 0.335 e. The summed E-state index contributed by atoms with van der Waals surface area (Å²) < 4.78 is 1.38. The van der Waals surface area contributed by atoms with E-state index in [0.29, 0.717) is 22.2 Å². The summed E-state index contributed by atoms with van der Waals surface area (Å²) >= 11 is 1.20. The van der Waals surface area contributed by atoms with Crippen LogP contribution in [-0.4, -0.2) is 31.8 Å². The molecular formula is C20H21N5O2S. The standard InChI is InChI=1S/C20H21N5O2S/c1-12-8-10-15(11-9-12)18-23-24-20(25(18)21)28-14(3)19(27)22-17-7-5-4-6-16(17)13(2)26/h4-11,14H,21H2,1-3H3,(H,22,27)/t14-/m0/s1. The van der Waals surface area contributed by atoms with E-state index in [0.717, 1.165) is 11.1 Å². The van der Waals surface area contributed by atoms with Crippen LogP contribution in [0.1, 0.15) is 29.8 Å². The molecule has 0 aliphatic carbocycles. The van der Waals surface area contributed by atoms with Crippen LogP contribution in [0, 0.1) is 6.92 Å². The Morgan fingerprint density at radius 2 is 1.79 bits per heavy atom. The number of thioether (sulfide) groups is 1. The number of nitrogens with one attached hydrogen (secondary N) is 1. The number of aromatic nitrogens is 3. The summed E-state index contributed by atoms with van der Waals surface area (Å²) in [4.78, 5) is 24.3. The van der Waals surface area contributed by atoms with Crippen LogP contribution in [0.3, 0.4) is 0 Å². The van der Waals surface area contributed by atoms with Gasteiger partial charge in [-0.05, 0) is 32.9 Å². The predicted molar refractivity (Wildman–Crippen MR) is 111 cm³/mol. The third-order valence-electron chi connectivity index (χ3n) is 4.19. The van der Waals surface area contributed by atoms with Crippen LogP contribution in [0.25, 0.3) is 11.4 Å². The monoisotopic (exact) mass is 395 g/mol. The number of anilines is 1. The molecule has 1 amide bonds. The molecule has 0 unspecified atom stereocenters. The van der Waals surface area contributed by atoms with Crippen molar-refractivity contribution in [1.29, 1.82) is 0 Å². The van der Waals surface area contributed by atoms with E-state index in [4.69, 9.17) is 5.84 Å². The third kappa shape index (κ3) is 4.23. The SMILES string of the molecule is CC(=O)c1ccccc1NC(=O)[C@H](C)Sc1nnc(-c2ccc(C)cc2)n1N. The van der Waals surface area contributed by atoms with Gasteiger partial charge in [0, 0.05) is 11.1 Å². The van der Waals surface area contributed by atoms with Crippen LogP contribution in [0.5, 0.6) is 0 Å². The molecule has 1 atom stereocenters. The van der Waals surface area contributed by atoms with Crippen LogP contribution in [-0.2, 0) is 4.79 Å². The molecule has 0 aliphatic heterocycles. The van der Waals surface area contributed by atoms with E-state index in [1.54, 1.807) is 31.2 Å². The van der Waals surface area contributed by atoms with E-state index in [2.05, 4.69) is 15.5 Å². The van der Waals surface area contributed by atoms with Gasteiger partial charge in [0.1, 0.15) is 0 Å². The van der Waals surface area contributed by atoms with E-state index in [9.17, 15) is 9.59 Å². The summed E-state index contributed by atoms with van der Waals surface area (Å²) in [5, 5.41) is 11.0. The van der Waals surface area contributed by atoms with E-state index >= 15 is 0 Å². The first-order chi connectivity index (χ1) is 13.4. The molecule has 1 aromatic heterocycles. The van der Waals surface area contributed by atoms with Crippen molar-refractivity contribution in [3.05, 3.63) is 59.7 Å². The quantitative estimate of drug-likeness (QED) is 0.377. The molecule has 2 aromatic carbocycles. The minimum Gasteiger partial charge on any atom is -0.335 e. The van der Waals surface area contributed by atoms with Gasteiger partial charge in [0.2, 0.25) is 11.1 Å². The summed E-state index contributed by atoms with van der Waals surface area (Å²) in [6.45, 7) is 5.21. The number of nitrogens with two attached hydrogens (primary N) is 1. The van der Waals surface area contributed by atoms with Gasteiger partial charge in [-0.25, -0.2) is 4.68 Å². The molecule has 144 valence electrons. The highest BCUT2D eigenvalue weighted by Crippen LogP contribution is 2.26. The van der Waals surface area contributed by atoms with Crippen molar-refractivity contribution < 1.29 is 9.59 Å². The minimum absolute atomic E-state index is 0.111. The molecule has 3 aromatic rings. The van der Waals surface area contributed by atoms with Crippen LogP contribution in [0.2, 0.25) is 0 Å². The molecule has 0 radical (unpaired) electrons. The maximum atomic E-state index is 12.6. The molecule has 0 bridgehead atoms. The molecule has 0 fully saturated rings. The number of amides is 1. The number of ketones is 1. The van der Waals surface area contributed by atoms with Crippen LogP contribution < -0.4 is 11.2 Å². The first-order valence-corrected chi connectivity index (χ1v) is 9.60. The summed E-state index contributed by atoms with van der Waals surface area (Å²) in [5.74, 6) is 6.30. The van der Waals surface area contributed by atoms with Gasteiger partial charge in [-0.3, -0.25) is 9.59 Å². The zero-order chi connectivity index (χ0) is 20.3. The zero-order valence-corrected chi connectivity index (χ0v) is 16.7. The lowest BCUT2D eigenvalue weighted by Gasteiger charge is -2.13. The zero-order valence-electron chi connectivity index (χ0n) is 15.8. The number of nitrogens with zero attached hydrogens (tertiary/aromatic N) is 3. The maximum absolute atomic E-state index is 12.6. The van der Waals surface area contributed by atoms with Crippen molar-refractivity contribution >= 4 is 29.1 Å². The average Bonchev–Trinajstić information content (AvgIpc) is 3.03. The summed E-state index contributed by atoms with van der Waals surface area (Å²) in [5.41, 5.74) is 2.94. The molecule has 0 spiro atoms. The number of Topliss-reactive ketones (excluding diaryl/α,β-unsaturated/α-hetero) is 1. The molecule has 1 heterocycles. The van der Waals surface area contributed by atoms with Crippen LogP contribution in [0.4, 0.5) is 5.69 Å². The Morgan fingerprint density at radius 1 is 1.11 bits per heavy atom. The third-order valence-corrected chi connectivity index (χ3v) is 5.25. The highest BCUT2D eigenvalue weighted by Gasteiger charge is 2.21. The maximum Gasteiger partial charge on any atom is 0.237 e. The number of nitrogen functional groups attached to an aromatic ring is 1. The van der Waals surface area contributed by atoms with Crippen molar-refractivity contribution in [1.82, 2.24) is 14.9 Å².